The van der Waals surface area contributed by atoms with Gasteiger partial charge in [0.25, 0.3) is 0 Å². The Morgan fingerprint density at radius 3 is 2.75 bits per heavy atom. The standard InChI is InChI=1S/C16H24N2O2/c1-3-4-11-20-16(19)14-5-6-15(13(2)12-14)18-9-7-17-8-10-18/h5-6,12,17H,3-4,7-11H2,1-2H3. The summed E-state index contributed by atoms with van der Waals surface area (Å²) in [6.45, 7) is 8.71. The Kier molecular flexibility index (Phi) is 5.41. The number of anilines is 1. The van der Waals surface area contributed by atoms with E-state index >= 15 is 0 Å². The van der Waals surface area contributed by atoms with E-state index in [9.17, 15) is 4.79 Å². The molecule has 1 aliphatic rings. The molecule has 2 rings (SSSR count). The molecule has 1 aromatic carbocycles. The third kappa shape index (κ3) is 3.73. The van der Waals surface area contributed by atoms with Crippen LogP contribution in [0.25, 0.3) is 0 Å². The first-order chi connectivity index (χ1) is 9.72. The molecule has 1 aliphatic heterocycles. The highest BCUT2D eigenvalue weighted by Gasteiger charge is 2.14. The third-order valence-corrected chi connectivity index (χ3v) is 3.62. The zero-order valence-corrected chi connectivity index (χ0v) is 12.4. The molecule has 0 aliphatic carbocycles. The molecular weight excluding hydrogens is 252 g/mol. The molecule has 0 radical (unpaired) electrons. The van der Waals surface area contributed by atoms with Crippen LogP contribution in [0.1, 0.15) is 35.7 Å². The lowest BCUT2D eigenvalue weighted by Gasteiger charge is -2.30. The predicted octanol–water partition coefficient (Wildman–Crippen LogP) is 2.36. The van der Waals surface area contributed by atoms with E-state index in [-0.39, 0.29) is 5.97 Å². The first-order valence-corrected chi connectivity index (χ1v) is 7.46. The van der Waals surface area contributed by atoms with Gasteiger partial charge in [-0.3, -0.25) is 0 Å². The van der Waals surface area contributed by atoms with E-state index in [4.69, 9.17) is 4.74 Å². The van der Waals surface area contributed by atoms with Crippen molar-refractivity contribution in [2.24, 2.45) is 0 Å². The van der Waals surface area contributed by atoms with Crippen LogP contribution >= 0.6 is 0 Å². The van der Waals surface area contributed by atoms with Gasteiger partial charge in [-0.2, -0.15) is 0 Å². The molecule has 0 atom stereocenters. The summed E-state index contributed by atoms with van der Waals surface area (Å²) >= 11 is 0. The minimum atomic E-state index is -0.214. The maximum absolute atomic E-state index is 11.9. The number of carbonyl (C=O) groups is 1. The molecule has 0 bridgehead atoms. The van der Waals surface area contributed by atoms with Gasteiger partial charge in [0, 0.05) is 31.9 Å². The lowest BCUT2D eigenvalue weighted by molar-refractivity contribution is 0.0499. The van der Waals surface area contributed by atoms with Crippen LogP contribution in [0.2, 0.25) is 0 Å². The first kappa shape index (κ1) is 14.9. The Balaban J connectivity index is 2.03. The van der Waals surface area contributed by atoms with E-state index in [1.807, 2.05) is 18.2 Å². The molecule has 0 saturated carbocycles. The van der Waals surface area contributed by atoms with Crippen molar-refractivity contribution in [1.29, 1.82) is 0 Å². The summed E-state index contributed by atoms with van der Waals surface area (Å²) in [4.78, 5) is 14.3. The van der Waals surface area contributed by atoms with Crippen molar-refractivity contribution in [2.75, 3.05) is 37.7 Å². The number of hydrogen-bond acceptors (Lipinski definition) is 4. The Labute approximate surface area is 121 Å². The number of nitrogens with one attached hydrogen (secondary N) is 1. The normalized spacial score (nSPS) is 15.2. The highest BCUT2D eigenvalue weighted by atomic mass is 16.5. The van der Waals surface area contributed by atoms with Crippen molar-refractivity contribution >= 4 is 11.7 Å². The minimum absolute atomic E-state index is 0.214. The molecule has 110 valence electrons. The van der Waals surface area contributed by atoms with Crippen molar-refractivity contribution in [3.8, 4) is 0 Å². The Hall–Kier alpha value is -1.55. The SMILES string of the molecule is CCCCOC(=O)c1ccc(N2CCNCC2)c(C)c1. The number of aryl methyl sites for hydroxylation is 1. The molecule has 1 saturated heterocycles. The van der Waals surface area contributed by atoms with Gasteiger partial charge in [0.1, 0.15) is 0 Å². The largest absolute Gasteiger partial charge is 0.462 e. The van der Waals surface area contributed by atoms with E-state index in [1.165, 1.54) is 5.69 Å². The van der Waals surface area contributed by atoms with Crippen LogP contribution in [-0.4, -0.2) is 38.8 Å². The Bertz CT molecular complexity index is 454. The molecule has 0 unspecified atom stereocenters. The van der Waals surface area contributed by atoms with Gasteiger partial charge in [0.05, 0.1) is 12.2 Å². The molecule has 0 amide bonds. The van der Waals surface area contributed by atoms with Crippen LogP contribution in [0.4, 0.5) is 5.69 Å². The van der Waals surface area contributed by atoms with Crippen molar-refractivity contribution in [1.82, 2.24) is 5.32 Å². The molecule has 4 nitrogen and oxygen atoms in total. The average Bonchev–Trinajstić information content (AvgIpc) is 2.48. The molecule has 0 aromatic heterocycles. The highest BCUT2D eigenvalue weighted by Crippen LogP contribution is 2.22. The summed E-state index contributed by atoms with van der Waals surface area (Å²) in [5, 5.41) is 3.35. The van der Waals surface area contributed by atoms with Gasteiger partial charge < -0.3 is 15.0 Å². The zero-order chi connectivity index (χ0) is 14.4. The number of piperazine rings is 1. The monoisotopic (exact) mass is 276 g/mol. The van der Waals surface area contributed by atoms with Crippen molar-refractivity contribution in [3.63, 3.8) is 0 Å². The quantitative estimate of drug-likeness (QED) is 0.662. The van der Waals surface area contributed by atoms with Crippen molar-refractivity contribution < 1.29 is 9.53 Å². The summed E-state index contributed by atoms with van der Waals surface area (Å²) in [5.74, 6) is -0.214. The zero-order valence-electron chi connectivity index (χ0n) is 12.4. The number of ether oxygens (including phenoxy) is 1. The maximum atomic E-state index is 11.9. The van der Waals surface area contributed by atoms with Crippen LogP contribution in [-0.2, 0) is 4.74 Å². The summed E-state index contributed by atoms with van der Waals surface area (Å²) in [7, 11) is 0. The number of nitrogens with zero attached hydrogens (tertiary/aromatic N) is 1. The molecule has 20 heavy (non-hydrogen) atoms. The summed E-state index contributed by atoms with van der Waals surface area (Å²) in [6.07, 6.45) is 1.96. The van der Waals surface area contributed by atoms with Crippen LogP contribution in [0.15, 0.2) is 18.2 Å². The minimum Gasteiger partial charge on any atom is -0.462 e. The van der Waals surface area contributed by atoms with Gasteiger partial charge in [-0.25, -0.2) is 4.79 Å². The molecule has 1 heterocycles. The van der Waals surface area contributed by atoms with Gasteiger partial charge in [-0.05, 0) is 37.1 Å². The van der Waals surface area contributed by atoms with Crippen LogP contribution < -0.4 is 10.2 Å². The maximum Gasteiger partial charge on any atom is 0.338 e. The summed E-state index contributed by atoms with van der Waals surface area (Å²) < 4.78 is 5.25. The fraction of sp³-hybridized carbons (Fsp3) is 0.562. The van der Waals surface area contributed by atoms with E-state index in [0.717, 1.165) is 44.6 Å². The number of benzene rings is 1. The number of unbranched alkanes of at least 4 members (excludes halogenated alkanes) is 1. The second-order valence-corrected chi connectivity index (χ2v) is 5.23. The lowest BCUT2D eigenvalue weighted by atomic mass is 10.1. The summed E-state index contributed by atoms with van der Waals surface area (Å²) in [6, 6.07) is 5.85. The second-order valence-electron chi connectivity index (χ2n) is 5.23. The molecule has 1 N–H and O–H groups in total. The average molecular weight is 276 g/mol. The molecular formula is C16H24N2O2. The lowest BCUT2D eigenvalue weighted by Crippen LogP contribution is -2.43. The molecule has 4 heteroatoms. The second kappa shape index (κ2) is 7.29. The fourth-order valence-corrected chi connectivity index (χ4v) is 2.44. The fourth-order valence-electron chi connectivity index (χ4n) is 2.44. The van der Waals surface area contributed by atoms with Gasteiger partial charge in [-0.15, -0.1) is 0 Å². The van der Waals surface area contributed by atoms with Gasteiger partial charge in [0.15, 0.2) is 0 Å². The smallest absolute Gasteiger partial charge is 0.338 e. The molecule has 1 aromatic rings. The predicted molar refractivity (Wildman–Crippen MR) is 81.5 cm³/mol. The molecule has 0 spiro atoms. The van der Waals surface area contributed by atoms with E-state index in [0.29, 0.717) is 12.2 Å². The van der Waals surface area contributed by atoms with Crippen molar-refractivity contribution in [3.05, 3.63) is 29.3 Å². The number of hydrogen-bond donors (Lipinski definition) is 1. The summed E-state index contributed by atoms with van der Waals surface area (Å²) in [5.41, 5.74) is 3.01. The first-order valence-electron chi connectivity index (χ1n) is 7.46. The van der Waals surface area contributed by atoms with Crippen molar-refractivity contribution in [2.45, 2.75) is 26.7 Å². The van der Waals surface area contributed by atoms with E-state index < -0.39 is 0 Å². The Morgan fingerprint density at radius 1 is 1.35 bits per heavy atom. The van der Waals surface area contributed by atoms with Crippen LogP contribution in [0, 0.1) is 6.92 Å². The number of esters is 1. The van der Waals surface area contributed by atoms with Gasteiger partial charge in [0.2, 0.25) is 0 Å². The third-order valence-electron chi connectivity index (χ3n) is 3.62. The van der Waals surface area contributed by atoms with E-state index in [1.54, 1.807) is 0 Å². The molecule has 1 fully saturated rings. The van der Waals surface area contributed by atoms with Crippen LogP contribution in [0.3, 0.4) is 0 Å². The van der Waals surface area contributed by atoms with Gasteiger partial charge in [-0.1, -0.05) is 13.3 Å². The number of carbonyl (C=O) groups excluding carboxylic acids is 1. The Morgan fingerprint density at radius 2 is 2.10 bits per heavy atom. The number of rotatable bonds is 5. The van der Waals surface area contributed by atoms with Crippen LogP contribution in [0.5, 0.6) is 0 Å². The topological polar surface area (TPSA) is 41.6 Å². The highest BCUT2D eigenvalue weighted by molar-refractivity contribution is 5.90. The van der Waals surface area contributed by atoms with E-state index in [2.05, 4.69) is 24.1 Å². The van der Waals surface area contributed by atoms with Gasteiger partial charge >= 0.3 is 5.97 Å².